The molecule has 0 bridgehead atoms. The van der Waals surface area contributed by atoms with Gasteiger partial charge in [-0.05, 0) is 25.0 Å². The van der Waals surface area contributed by atoms with E-state index in [0.717, 1.165) is 43.0 Å². The minimum Gasteiger partial charge on any atom is -0.371 e. The summed E-state index contributed by atoms with van der Waals surface area (Å²) in [5, 5.41) is 3.16. The van der Waals surface area contributed by atoms with E-state index in [-0.39, 0.29) is 5.91 Å². The summed E-state index contributed by atoms with van der Waals surface area (Å²) in [5.74, 6) is 1.38. The lowest BCUT2D eigenvalue weighted by atomic mass is 9.95. The maximum atomic E-state index is 11.6. The van der Waals surface area contributed by atoms with Crippen LogP contribution in [0.2, 0.25) is 0 Å². The fourth-order valence-corrected chi connectivity index (χ4v) is 2.95. The molecule has 1 atom stereocenters. The number of fused-ring (bicyclic) bond motifs is 1. The second-order valence-electron chi connectivity index (χ2n) is 5.37. The standard InChI is InChI=1S/C15H20N4O/c1-11(20)18-7-3-5-12(9-18)13-10-19-8-4-6-14(19)15(16-2)17-13/h4,6,8,10,12H,3,5,7,9H2,1-2H3,(H,16,17). The number of aromatic nitrogens is 2. The predicted molar refractivity (Wildman–Crippen MR) is 79.0 cm³/mol. The molecule has 3 rings (SSSR count). The fourth-order valence-electron chi connectivity index (χ4n) is 2.95. The van der Waals surface area contributed by atoms with Gasteiger partial charge in [-0.15, -0.1) is 0 Å². The summed E-state index contributed by atoms with van der Waals surface area (Å²) < 4.78 is 2.10. The molecular formula is C15H20N4O. The van der Waals surface area contributed by atoms with Gasteiger partial charge in [0.1, 0.15) is 5.82 Å². The van der Waals surface area contributed by atoms with Gasteiger partial charge in [-0.25, -0.2) is 4.98 Å². The van der Waals surface area contributed by atoms with Crippen LogP contribution in [0.5, 0.6) is 0 Å². The Balaban J connectivity index is 1.94. The summed E-state index contributed by atoms with van der Waals surface area (Å²) in [6.45, 7) is 3.29. The van der Waals surface area contributed by atoms with E-state index in [1.54, 1.807) is 6.92 Å². The largest absolute Gasteiger partial charge is 0.371 e. The normalized spacial score (nSPS) is 19.3. The number of hydrogen-bond acceptors (Lipinski definition) is 3. The topological polar surface area (TPSA) is 49.6 Å². The quantitative estimate of drug-likeness (QED) is 0.911. The van der Waals surface area contributed by atoms with Crippen molar-refractivity contribution in [3.8, 4) is 0 Å². The number of likely N-dealkylation sites (tertiary alicyclic amines) is 1. The van der Waals surface area contributed by atoms with Crippen LogP contribution in [0.15, 0.2) is 24.5 Å². The zero-order valence-electron chi connectivity index (χ0n) is 12.0. The fraction of sp³-hybridized carbons (Fsp3) is 0.467. The Labute approximate surface area is 118 Å². The number of carbonyl (C=O) groups excluding carboxylic acids is 1. The SMILES string of the molecule is CNc1nc(C2CCCN(C(C)=O)C2)cn2cccc12. The summed E-state index contributed by atoms with van der Waals surface area (Å²) in [7, 11) is 1.89. The van der Waals surface area contributed by atoms with Crippen molar-refractivity contribution in [3.05, 3.63) is 30.2 Å². The minimum atomic E-state index is 0.158. The van der Waals surface area contributed by atoms with E-state index >= 15 is 0 Å². The number of rotatable bonds is 2. The Morgan fingerprint density at radius 1 is 1.50 bits per heavy atom. The first-order valence-corrected chi connectivity index (χ1v) is 7.10. The lowest BCUT2D eigenvalue weighted by Gasteiger charge is -2.31. The summed E-state index contributed by atoms with van der Waals surface area (Å²) in [6.07, 6.45) is 6.26. The number of anilines is 1. The summed E-state index contributed by atoms with van der Waals surface area (Å²) in [4.78, 5) is 18.2. The molecule has 0 spiro atoms. The van der Waals surface area contributed by atoms with E-state index in [4.69, 9.17) is 4.98 Å². The molecule has 1 amide bonds. The van der Waals surface area contributed by atoms with Gasteiger partial charge in [-0.3, -0.25) is 4.79 Å². The molecule has 0 aliphatic carbocycles. The van der Waals surface area contributed by atoms with Crippen LogP contribution < -0.4 is 5.32 Å². The molecule has 5 nitrogen and oxygen atoms in total. The van der Waals surface area contributed by atoms with E-state index < -0.39 is 0 Å². The lowest BCUT2D eigenvalue weighted by Crippen LogP contribution is -2.37. The average Bonchev–Trinajstić information content (AvgIpc) is 2.94. The zero-order valence-corrected chi connectivity index (χ0v) is 12.0. The highest BCUT2D eigenvalue weighted by Crippen LogP contribution is 2.28. The number of amides is 1. The van der Waals surface area contributed by atoms with Gasteiger partial charge in [0.05, 0.1) is 11.2 Å². The van der Waals surface area contributed by atoms with Crippen LogP contribution >= 0.6 is 0 Å². The van der Waals surface area contributed by atoms with E-state index in [9.17, 15) is 4.79 Å². The highest BCUT2D eigenvalue weighted by Gasteiger charge is 2.24. The number of nitrogens with one attached hydrogen (secondary N) is 1. The third kappa shape index (κ3) is 2.24. The molecular weight excluding hydrogens is 252 g/mol. The second-order valence-corrected chi connectivity index (χ2v) is 5.37. The van der Waals surface area contributed by atoms with Gasteiger partial charge in [0.2, 0.25) is 5.91 Å². The molecule has 0 radical (unpaired) electrons. The zero-order chi connectivity index (χ0) is 14.1. The molecule has 1 aliphatic heterocycles. The summed E-state index contributed by atoms with van der Waals surface area (Å²) in [6, 6.07) is 4.07. The van der Waals surface area contributed by atoms with E-state index in [1.165, 1.54) is 0 Å². The predicted octanol–water partition coefficient (Wildman–Crippen LogP) is 2.10. The molecule has 1 saturated heterocycles. The van der Waals surface area contributed by atoms with Crippen LogP contribution in [-0.2, 0) is 4.79 Å². The van der Waals surface area contributed by atoms with Crippen LogP contribution in [0.25, 0.3) is 5.52 Å². The first kappa shape index (κ1) is 13.0. The highest BCUT2D eigenvalue weighted by molar-refractivity contribution is 5.73. The van der Waals surface area contributed by atoms with Gasteiger partial charge in [0.15, 0.2) is 0 Å². The van der Waals surface area contributed by atoms with Crippen molar-refractivity contribution in [2.75, 3.05) is 25.5 Å². The molecule has 2 aromatic rings. The Kier molecular flexibility index (Phi) is 3.34. The van der Waals surface area contributed by atoms with Gasteiger partial charge in [0.25, 0.3) is 0 Å². The third-order valence-corrected chi connectivity index (χ3v) is 4.06. The van der Waals surface area contributed by atoms with E-state index in [1.807, 2.05) is 30.3 Å². The van der Waals surface area contributed by atoms with Crippen LogP contribution in [0.3, 0.4) is 0 Å². The number of hydrogen-bond donors (Lipinski definition) is 1. The van der Waals surface area contributed by atoms with Crippen molar-refractivity contribution in [3.63, 3.8) is 0 Å². The maximum absolute atomic E-state index is 11.6. The van der Waals surface area contributed by atoms with Crippen LogP contribution in [0.1, 0.15) is 31.4 Å². The Morgan fingerprint density at radius 2 is 2.35 bits per heavy atom. The molecule has 1 N–H and O–H groups in total. The van der Waals surface area contributed by atoms with E-state index in [0.29, 0.717) is 5.92 Å². The lowest BCUT2D eigenvalue weighted by molar-refractivity contribution is -0.130. The smallest absolute Gasteiger partial charge is 0.219 e. The van der Waals surface area contributed by atoms with Crippen LogP contribution in [-0.4, -0.2) is 40.3 Å². The Hall–Kier alpha value is -2.04. The van der Waals surface area contributed by atoms with Gasteiger partial charge in [0, 0.05) is 45.4 Å². The van der Waals surface area contributed by atoms with Gasteiger partial charge in [-0.2, -0.15) is 0 Å². The van der Waals surface area contributed by atoms with Crippen molar-refractivity contribution < 1.29 is 4.79 Å². The molecule has 1 aliphatic rings. The van der Waals surface area contributed by atoms with E-state index in [2.05, 4.69) is 15.9 Å². The Morgan fingerprint density at radius 3 is 3.10 bits per heavy atom. The maximum Gasteiger partial charge on any atom is 0.219 e. The molecule has 1 unspecified atom stereocenters. The number of piperidine rings is 1. The minimum absolute atomic E-state index is 0.158. The number of carbonyl (C=O) groups is 1. The van der Waals surface area contributed by atoms with Gasteiger partial charge < -0.3 is 14.6 Å². The molecule has 1 fully saturated rings. The Bertz CT molecular complexity index is 634. The van der Waals surface area contributed by atoms with Gasteiger partial charge >= 0.3 is 0 Å². The molecule has 2 aromatic heterocycles. The average molecular weight is 272 g/mol. The van der Waals surface area contributed by atoms with Crippen molar-refractivity contribution in [1.82, 2.24) is 14.3 Å². The molecule has 0 aromatic carbocycles. The first-order valence-electron chi connectivity index (χ1n) is 7.10. The monoisotopic (exact) mass is 272 g/mol. The van der Waals surface area contributed by atoms with Crippen LogP contribution in [0.4, 0.5) is 5.82 Å². The molecule has 5 heteroatoms. The third-order valence-electron chi connectivity index (χ3n) is 4.06. The van der Waals surface area contributed by atoms with Gasteiger partial charge in [-0.1, -0.05) is 0 Å². The summed E-state index contributed by atoms with van der Waals surface area (Å²) >= 11 is 0. The van der Waals surface area contributed by atoms with Crippen molar-refractivity contribution in [1.29, 1.82) is 0 Å². The van der Waals surface area contributed by atoms with Crippen molar-refractivity contribution in [2.45, 2.75) is 25.7 Å². The first-order chi connectivity index (χ1) is 9.69. The van der Waals surface area contributed by atoms with Crippen molar-refractivity contribution >= 4 is 17.2 Å². The molecule has 0 saturated carbocycles. The number of nitrogens with zero attached hydrogens (tertiary/aromatic N) is 3. The molecule has 106 valence electrons. The van der Waals surface area contributed by atoms with Crippen LogP contribution in [0, 0.1) is 0 Å². The molecule has 20 heavy (non-hydrogen) atoms. The highest BCUT2D eigenvalue weighted by atomic mass is 16.2. The molecule has 3 heterocycles. The summed E-state index contributed by atoms with van der Waals surface area (Å²) in [5.41, 5.74) is 2.14. The second kappa shape index (κ2) is 5.15. The van der Waals surface area contributed by atoms with Crippen molar-refractivity contribution in [2.24, 2.45) is 0 Å².